The summed E-state index contributed by atoms with van der Waals surface area (Å²) in [5, 5.41) is 21.1. The van der Waals surface area contributed by atoms with Gasteiger partial charge in [0.2, 0.25) is 0 Å². The number of nitrogens with one attached hydrogen (secondary N) is 2. The lowest BCUT2D eigenvalue weighted by Gasteiger charge is -2.16. The zero-order valence-corrected chi connectivity index (χ0v) is 13.6. The van der Waals surface area contributed by atoms with Gasteiger partial charge in [-0.05, 0) is 36.2 Å². The van der Waals surface area contributed by atoms with Crippen LogP contribution in [0.3, 0.4) is 0 Å². The summed E-state index contributed by atoms with van der Waals surface area (Å²) in [6.45, 7) is 3.37. The first-order chi connectivity index (χ1) is 12.1. The number of hydrogen-bond donors (Lipinski definition) is 3. The number of phenolic OH excluding ortho intramolecular Hbond substituents is 1. The highest BCUT2D eigenvalue weighted by Gasteiger charge is 2.27. The summed E-state index contributed by atoms with van der Waals surface area (Å²) in [7, 11) is 0. The van der Waals surface area contributed by atoms with Crippen molar-refractivity contribution < 1.29 is 14.3 Å². The molecule has 1 aliphatic heterocycles. The molecule has 128 valence electrons. The number of benzene rings is 2. The fourth-order valence-corrected chi connectivity index (χ4v) is 3.20. The third kappa shape index (κ3) is 2.57. The maximum Gasteiger partial charge on any atom is 0.258 e. The van der Waals surface area contributed by atoms with Gasteiger partial charge in [-0.25, -0.2) is 4.39 Å². The predicted octanol–water partition coefficient (Wildman–Crippen LogP) is 3.00. The van der Waals surface area contributed by atoms with E-state index < -0.39 is 0 Å². The Balaban J connectivity index is 1.68. The number of hydrogen-bond acceptors (Lipinski definition) is 4. The van der Waals surface area contributed by atoms with Crippen LogP contribution in [0.15, 0.2) is 30.3 Å². The lowest BCUT2D eigenvalue weighted by Crippen LogP contribution is -2.25. The molecule has 7 heteroatoms. The number of fused-ring (bicyclic) bond motifs is 2. The van der Waals surface area contributed by atoms with Gasteiger partial charge in [0.25, 0.3) is 5.91 Å². The number of aromatic hydroxyl groups is 1. The first-order valence-electron chi connectivity index (χ1n) is 8.08. The first-order valence-corrected chi connectivity index (χ1v) is 8.08. The maximum atomic E-state index is 13.4. The minimum Gasteiger partial charge on any atom is -0.507 e. The van der Waals surface area contributed by atoms with Crippen LogP contribution >= 0.6 is 0 Å². The summed E-state index contributed by atoms with van der Waals surface area (Å²) in [4.78, 5) is 14.5. The van der Waals surface area contributed by atoms with Crippen molar-refractivity contribution in [1.29, 1.82) is 0 Å². The second-order valence-corrected chi connectivity index (χ2v) is 6.09. The largest absolute Gasteiger partial charge is 0.507 e. The average molecular weight is 340 g/mol. The minimum absolute atomic E-state index is 0.105. The van der Waals surface area contributed by atoms with Crippen molar-refractivity contribution >= 4 is 22.6 Å². The van der Waals surface area contributed by atoms with Gasteiger partial charge < -0.3 is 15.3 Å². The molecule has 6 nitrogen and oxygen atoms in total. The molecule has 0 saturated heterocycles. The number of carbonyl (C=O) groups is 1. The van der Waals surface area contributed by atoms with Gasteiger partial charge in [-0.3, -0.25) is 9.89 Å². The van der Waals surface area contributed by atoms with E-state index in [0.717, 1.165) is 16.5 Å². The van der Waals surface area contributed by atoms with E-state index in [1.165, 1.54) is 18.2 Å². The van der Waals surface area contributed by atoms with Crippen molar-refractivity contribution in [2.75, 3.05) is 11.9 Å². The predicted molar refractivity (Wildman–Crippen MR) is 91.9 cm³/mol. The number of halogens is 1. The van der Waals surface area contributed by atoms with Crippen LogP contribution in [0.1, 0.15) is 28.4 Å². The van der Waals surface area contributed by atoms with Crippen LogP contribution in [-0.4, -0.2) is 32.7 Å². The monoisotopic (exact) mass is 340 g/mol. The fraction of sp³-hybridized carbons (Fsp3) is 0.222. The smallest absolute Gasteiger partial charge is 0.258 e. The number of aromatic nitrogens is 2. The molecule has 0 aliphatic carbocycles. The molecule has 3 N–H and O–H groups in total. The van der Waals surface area contributed by atoms with Crippen molar-refractivity contribution in [3.8, 4) is 5.75 Å². The molecule has 4 rings (SSSR count). The fourth-order valence-electron chi connectivity index (χ4n) is 3.20. The molecule has 3 aromatic rings. The average Bonchev–Trinajstić information content (AvgIpc) is 3.17. The lowest BCUT2D eigenvalue weighted by molar-refractivity contribution is 0.0748. The maximum absolute atomic E-state index is 13.4. The van der Waals surface area contributed by atoms with Crippen LogP contribution < -0.4 is 5.32 Å². The zero-order chi connectivity index (χ0) is 17.6. The first kappa shape index (κ1) is 15.4. The summed E-state index contributed by atoms with van der Waals surface area (Å²) >= 11 is 0. The quantitative estimate of drug-likeness (QED) is 0.685. The van der Waals surface area contributed by atoms with Crippen molar-refractivity contribution in [3.63, 3.8) is 0 Å². The molecular weight excluding hydrogens is 323 g/mol. The number of amides is 1. The molecule has 0 bridgehead atoms. The molecule has 0 unspecified atom stereocenters. The van der Waals surface area contributed by atoms with Gasteiger partial charge in [-0.1, -0.05) is 6.07 Å². The lowest BCUT2D eigenvalue weighted by atomic mass is 10.1. The number of nitrogens with zero attached hydrogens (tertiary/aromatic N) is 2. The van der Waals surface area contributed by atoms with Gasteiger partial charge >= 0.3 is 0 Å². The summed E-state index contributed by atoms with van der Waals surface area (Å²) in [6.07, 6.45) is 0. The van der Waals surface area contributed by atoms with Crippen LogP contribution in [0.25, 0.3) is 10.9 Å². The molecular formula is C18H17FN4O2. The standard InChI is InChI=1S/C18H17FN4O2/c1-2-20-17-13-6-14(16(24)7-15(13)21-22-17)18(25)23-8-10-3-4-12(19)5-11(10)9-23/h3-7,24H,2,8-9H2,1H3,(H2,20,21,22). The second-order valence-electron chi connectivity index (χ2n) is 6.09. The van der Waals surface area contributed by atoms with Crippen LogP contribution in [0.2, 0.25) is 0 Å². The molecule has 1 aromatic heterocycles. The van der Waals surface area contributed by atoms with E-state index in [1.54, 1.807) is 17.0 Å². The number of phenols is 1. The minimum atomic E-state index is -0.314. The molecule has 0 fully saturated rings. The molecule has 25 heavy (non-hydrogen) atoms. The Morgan fingerprint density at radius 2 is 2.12 bits per heavy atom. The summed E-state index contributed by atoms with van der Waals surface area (Å²) in [6, 6.07) is 7.67. The SMILES string of the molecule is CCNc1n[nH]c2cc(O)c(C(=O)N3Cc4ccc(F)cc4C3)cc12. The number of anilines is 1. The van der Waals surface area contributed by atoms with Gasteiger partial charge in [-0.2, -0.15) is 5.10 Å². The van der Waals surface area contributed by atoms with E-state index in [-0.39, 0.29) is 23.0 Å². The topological polar surface area (TPSA) is 81.2 Å². The van der Waals surface area contributed by atoms with Crippen molar-refractivity contribution in [1.82, 2.24) is 15.1 Å². The van der Waals surface area contributed by atoms with Crippen LogP contribution in [0.4, 0.5) is 10.2 Å². The van der Waals surface area contributed by atoms with E-state index in [4.69, 9.17) is 0 Å². The number of aromatic amines is 1. The molecule has 2 aromatic carbocycles. The molecule has 1 amide bonds. The van der Waals surface area contributed by atoms with Gasteiger partial charge in [0, 0.05) is 31.1 Å². The molecule has 2 heterocycles. The second kappa shape index (κ2) is 5.77. The Morgan fingerprint density at radius 1 is 1.32 bits per heavy atom. The van der Waals surface area contributed by atoms with E-state index >= 15 is 0 Å². The zero-order valence-electron chi connectivity index (χ0n) is 13.6. The van der Waals surface area contributed by atoms with Gasteiger partial charge in [0.1, 0.15) is 11.6 Å². The highest BCUT2D eigenvalue weighted by Crippen LogP contribution is 2.31. The van der Waals surface area contributed by atoms with Crippen molar-refractivity contribution in [3.05, 3.63) is 52.8 Å². The number of H-pyrrole nitrogens is 1. The van der Waals surface area contributed by atoms with E-state index in [1.807, 2.05) is 6.92 Å². The van der Waals surface area contributed by atoms with E-state index in [0.29, 0.717) is 31.0 Å². The Hall–Kier alpha value is -3.09. The molecule has 1 aliphatic rings. The number of rotatable bonds is 3. The normalized spacial score (nSPS) is 13.3. The highest BCUT2D eigenvalue weighted by atomic mass is 19.1. The summed E-state index contributed by atoms with van der Waals surface area (Å²) < 4.78 is 13.4. The Labute approximate surface area is 143 Å². The van der Waals surface area contributed by atoms with Crippen LogP contribution in [0, 0.1) is 5.82 Å². The van der Waals surface area contributed by atoms with E-state index in [2.05, 4.69) is 15.5 Å². The van der Waals surface area contributed by atoms with Crippen molar-refractivity contribution in [2.45, 2.75) is 20.0 Å². The Kier molecular flexibility index (Phi) is 3.56. The van der Waals surface area contributed by atoms with Gasteiger partial charge in [0.15, 0.2) is 5.82 Å². The highest BCUT2D eigenvalue weighted by molar-refractivity contribution is 6.03. The third-order valence-electron chi connectivity index (χ3n) is 4.43. The Morgan fingerprint density at radius 3 is 2.92 bits per heavy atom. The van der Waals surface area contributed by atoms with Crippen molar-refractivity contribution in [2.24, 2.45) is 0 Å². The summed E-state index contributed by atoms with van der Waals surface area (Å²) in [5.74, 6) is -0.0738. The van der Waals surface area contributed by atoms with Crippen LogP contribution in [0.5, 0.6) is 5.75 Å². The molecule has 0 saturated carbocycles. The van der Waals surface area contributed by atoms with E-state index in [9.17, 15) is 14.3 Å². The molecule has 0 radical (unpaired) electrons. The molecule has 0 spiro atoms. The van der Waals surface area contributed by atoms with Gasteiger partial charge in [-0.15, -0.1) is 0 Å². The molecule has 0 atom stereocenters. The van der Waals surface area contributed by atoms with Crippen LogP contribution in [-0.2, 0) is 13.1 Å². The number of carbonyl (C=O) groups excluding carboxylic acids is 1. The van der Waals surface area contributed by atoms with Gasteiger partial charge in [0.05, 0.1) is 11.1 Å². The Bertz CT molecular complexity index is 983. The summed E-state index contributed by atoms with van der Waals surface area (Å²) in [5.41, 5.74) is 2.58. The third-order valence-corrected chi connectivity index (χ3v) is 4.43.